The Morgan fingerprint density at radius 1 is 1.20 bits per heavy atom. The second kappa shape index (κ2) is 5.57. The Hall–Kier alpha value is -1.97. The highest BCUT2D eigenvalue weighted by Gasteiger charge is 2.26. The van der Waals surface area contributed by atoms with Crippen LogP contribution in [0.25, 0.3) is 6.08 Å². The molecule has 0 fully saturated rings. The number of ether oxygens (including phenoxy) is 3. The summed E-state index contributed by atoms with van der Waals surface area (Å²) in [6.07, 6.45) is 2.02. The highest BCUT2D eigenvalue weighted by molar-refractivity contribution is 5.98. The number of hydrogen-bond donors (Lipinski definition) is 0. The summed E-state index contributed by atoms with van der Waals surface area (Å²) in [6, 6.07) is 5.75. The molecular formula is C16H21NO3. The van der Waals surface area contributed by atoms with Gasteiger partial charge in [0.2, 0.25) is 5.90 Å². The van der Waals surface area contributed by atoms with Crippen molar-refractivity contribution in [3.63, 3.8) is 0 Å². The number of rotatable bonds is 4. The van der Waals surface area contributed by atoms with Crippen LogP contribution in [-0.2, 0) is 4.74 Å². The summed E-state index contributed by atoms with van der Waals surface area (Å²) < 4.78 is 16.2. The molecule has 1 aliphatic heterocycles. The zero-order valence-electron chi connectivity index (χ0n) is 12.7. The topological polar surface area (TPSA) is 40.0 Å². The van der Waals surface area contributed by atoms with E-state index in [4.69, 9.17) is 14.2 Å². The van der Waals surface area contributed by atoms with Crippen LogP contribution in [0.2, 0.25) is 0 Å². The molecule has 1 aromatic carbocycles. The molecule has 4 heteroatoms. The van der Waals surface area contributed by atoms with Gasteiger partial charge in [-0.2, -0.15) is 0 Å². The molecule has 0 unspecified atom stereocenters. The Labute approximate surface area is 120 Å². The first-order valence-electron chi connectivity index (χ1n) is 6.58. The fraction of sp³-hybridized carbons (Fsp3) is 0.438. The van der Waals surface area contributed by atoms with Crippen molar-refractivity contribution in [2.45, 2.75) is 26.3 Å². The normalized spacial score (nSPS) is 17.4. The van der Waals surface area contributed by atoms with Crippen molar-refractivity contribution in [1.82, 2.24) is 0 Å². The van der Waals surface area contributed by atoms with Crippen molar-refractivity contribution in [3.05, 3.63) is 29.3 Å². The smallest absolute Gasteiger partial charge is 0.212 e. The van der Waals surface area contributed by atoms with Crippen LogP contribution in [-0.4, -0.2) is 32.3 Å². The Morgan fingerprint density at radius 2 is 1.80 bits per heavy atom. The number of aliphatic imine (C=N–C) groups is 1. The van der Waals surface area contributed by atoms with Gasteiger partial charge in [0, 0.05) is 11.6 Å². The lowest BCUT2D eigenvalue weighted by Crippen LogP contribution is -2.17. The zero-order chi connectivity index (χ0) is 14.8. The third-order valence-corrected chi connectivity index (χ3v) is 3.06. The molecule has 0 saturated heterocycles. The van der Waals surface area contributed by atoms with Crippen molar-refractivity contribution in [2.24, 2.45) is 4.99 Å². The van der Waals surface area contributed by atoms with E-state index in [0.717, 1.165) is 22.6 Å². The maximum atomic E-state index is 5.63. The summed E-state index contributed by atoms with van der Waals surface area (Å²) >= 11 is 0. The lowest BCUT2D eigenvalue weighted by atomic mass is 10.1. The molecule has 0 amide bonds. The predicted molar refractivity (Wildman–Crippen MR) is 80.7 cm³/mol. The van der Waals surface area contributed by atoms with Gasteiger partial charge in [0.05, 0.1) is 19.8 Å². The maximum absolute atomic E-state index is 5.63. The molecule has 0 aliphatic carbocycles. The summed E-state index contributed by atoms with van der Waals surface area (Å²) in [5.41, 5.74) is 1.84. The number of nitrogens with zero attached hydrogens (tertiary/aromatic N) is 1. The van der Waals surface area contributed by atoms with Crippen molar-refractivity contribution in [2.75, 3.05) is 20.8 Å². The van der Waals surface area contributed by atoms with Crippen LogP contribution >= 0.6 is 0 Å². The van der Waals surface area contributed by atoms with E-state index >= 15 is 0 Å². The van der Waals surface area contributed by atoms with Crippen LogP contribution in [0.4, 0.5) is 0 Å². The zero-order valence-corrected chi connectivity index (χ0v) is 12.7. The molecule has 1 aliphatic rings. The van der Waals surface area contributed by atoms with Crippen LogP contribution in [0.1, 0.15) is 26.3 Å². The van der Waals surface area contributed by atoms with Crippen LogP contribution in [0, 0.1) is 0 Å². The van der Waals surface area contributed by atoms with E-state index in [-0.39, 0.29) is 5.54 Å². The summed E-state index contributed by atoms with van der Waals surface area (Å²) in [5, 5.41) is 0. The molecule has 4 nitrogen and oxygen atoms in total. The van der Waals surface area contributed by atoms with E-state index in [1.54, 1.807) is 14.2 Å². The fourth-order valence-corrected chi connectivity index (χ4v) is 2.01. The second-order valence-corrected chi connectivity index (χ2v) is 5.49. The summed E-state index contributed by atoms with van der Waals surface area (Å²) in [7, 11) is 3.28. The molecule has 1 heterocycles. The minimum atomic E-state index is -0.142. The maximum Gasteiger partial charge on any atom is 0.212 e. The second-order valence-electron chi connectivity index (χ2n) is 5.49. The molecule has 0 aromatic heterocycles. The molecule has 1 aromatic rings. The third kappa shape index (κ3) is 3.32. The van der Waals surface area contributed by atoms with Gasteiger partial charge < -0.3 is 14.2 Å². The van der Waals surface area contributed by atoms with Crippen molar-refractivity contribution in [3.8, 4) is 11.5 Å². The molecule has 0 bridgehead atoms. The van der Waals surface area contributed by atoms with Gasteiger partial charge in [0.15, 0.2) is 0 Å². The Balaban J connectivity index is 2.30. The van der Waals surface area contributed by atoms with E-state index in [1.807, 2.05) is 31.2 Å². The van der Waals surface area contributed by atoms with E-state index < -0.39 is 0 Å². The SMILES string of the molecule is COc1cc(C=C(C)C2=NC(C)(C)CO2)cc(OC)c1. The minimum absolute atomic E-state index is 0.142. The molecule has 0 atom stereocenters. The molecule has 0 saturated carbocycles. The van der Waals surface area contributed by atoms with Crippen molar-refractivity contribution in [1.29, 1.82) is 0 Å². The first-order valence-corrected chi connectivity index (χ1v) is 6.58. The monoisotopic (exact) mass is 275 g/mol. The lowest BCUT2D eigenvalue weighted by Gasteiger charge is -2.07. The first-order chi connectivity index (χ1) is 9.43. The Kier molecular flexibility index (Phi) is 4.02. The molecule has 20 heavy (non-hydrogen) atoms. The van der Waals surface area contributed by atoms with Gasteiger partial charge in [-0.25, -0.2) is 4.99 Å². The first kappa shape index (κ1) is 14.4. The average Bonchev–Trinajstić information content (AvgIpc) is 2.78. The Morgan fingerprint density at radius 3 is 2.25 bits per heavy atom. The van der Waals surface area contributed by atoms with Crippen LogP contribution in [0.3, 0.4) is 0 Å². The summed E-state index contributed by atoms with van der Waals surface area (Å²) in [4.78, 5) is 4.57. The van der Waals surface area contributed by atoms with Gasteiger partial charge in [-0.05, 0) is 44.5 Å². The van der Waals surface area contributed by atoms with Gasteiger partial charge >= 0.3 is 0 Å². The highest BCUT2D eigenvalue weighted by Crippen LogP contribution is 2.26. The van der Waals surface area contributed by atoms with Gasteiger partial charge in [-0.15, -0.1) is 0 Å². The number of benzene rings is 1. The largest absolute Gasteiger partial charge is 0.497 e. The highest BCUT2D eigenvalue weighted by atomic mass is 16.5. The van der Waals surface area contributed by atoms with E-state index in [9.17, 15) is 0 Å². The molecule has 0 N–H and O–H groups in total. The standard InChI is InChI=1S/C16H21NO3/c1-11(15-17-16(2,3)10-20-15)6-12-7-13(18-4)9-14(8-12)19-5/h6-9H,10H2,1-5H3. The van der Waals surface area contributed by atoms with Crippen LogP contribution in [0.5, 0.6) is 11.5 Å². The minimum Gasteiger partial charge on any atom is -0.497 e. The average molecular weight is 275 g/mol. The van der Waals surface area contributed by atoms with E-state index in [1.165, 1.54) is 0 Å². The van der Waals surface area contributed by atoms with E-state index in [0.29, 0.717) is 12.5 Å². The third-order valence-electron chi connectivity index (χ3n) is 3.06. The van der Waals surface area contributed by atoms with Crippen molar-refractivity contribution < 1.29 is 14.2 Å². The Bertz CT molecular complexity index is 537. The van der Waals surface area contributed by atoms with Crippen LogP contribution in [0.15, 0.2) is 28.8 Å². The number of methoxy groups -OCH3 is 2. The summed E-state index contributed by atoms with van der Waals surface area (Å²) in [6.45, 7) is 6.73. The van der Waals surface area contributed by atoms with E-state index in [2.05, 4.69) is 18.8 Å². The van der Waals surface area contributed by atoms with Gasteiger partial charge in [-0.3, -0.25) is 0 Å². The molecule has 2 rings (SSSR count). The van der Waals surface area contributed by atoms with Crippen molar-refractivity contribution >= 4 is 12.0 Å². The van der Waals surface area contributed by atoms with Gasteiger partial charge in [-0.1, -0.05) is 0 Å². The fourth-order valence-electron chi connectivity index (χ4n) is 2.01. The lowest BCUT2D eigenvalue weighted by molar-refractivity contribution is 0.279. The predicted octanol–water partition coefficient (Wildman–Crippen LogP) is 3.31. The molecule has 0 radical (unpaired) electrons. The summed E-state index contributed by atoms with van der Waals surface area (Å²) in [5.74, 6) is 2.23. The molecule has 108 valence electrons. The van der Waals surface area contributed by atoms with Gasteiger partial charge in [0.25, 0.3) is 0 Å². The number of hydrogen-bond acceptors (Lipinski definition) is 4. The molecule has 0 spiro atoms. The van der Waals surface area contributed by atoms with Crippen LogP contribution < -0.4 is 9.47 Å². The van der Waals surface area contributed by atoms with Gasteiger partial charge in [0.1, 0.15) is 18.1 Å². The quantitative estimate of drug-likeness (QED) is 0.846. The molecular weight excluding hydrogens is 254 g/mol.